The summed E-state index contributed by atoms with van der Waals surface area (Å²) in [5, 5.41) is 8.79. The van der Waals surface area contributed by atoms with Crippen LogP contribution in [0.4, 0.5) is 5.82 Å². The van der Waals surface area contributed by atoms with E-state index in [-0.39, 0.29) is 0 Å². The molecule has 1 saturated heterocycles. The molecular formula is C12H17N3O2. The number of rotatable bonds is 3. The fourth-order valence-electron chi connectivity index (χ4n) is 2.03. The van der Waals surface area contributed by atoms with Gasteiger partial charge in [-0.2, -0.15) is 0 Å². The third-order valence-corrected chi connectivity index (χ3v) is 3.08. The average Bonchev–Trinajstić information content (AvgIpc) is 2.39. The first-order valence-corrected chi connectivity index (χ1v) is 5.88. The highest BCUT2D eigenvalue weighted by atomic mass is 16.4. The van der Waals surface area contributed by atoms with Crippen LogP contribution in [0.25, 0.3) is 0 Å². The lowest BCUT2D eigenvalue weighted by atomic mass is 10.1. The summed E-state index contributed by atoms with van der Waals surface area (Å²) in [5.74, 6) is -0.122. The summed E-state index contributed by atoms with van der Waals surface area (Å²) in [6.45, 7) is 2.05. The molecule has 92 valence electrons. The molecule has 1 aromatic heterocycles. The number of carbonyl (C=O) groups is 1. The fraction of sp³-hybridized carbons (Fsp3) is 0.500. The molecule has 5 nitrogen and oxygen atoms in total. The minimum absolute atomic E-state index is 0.540. The molecule has 1 aromatic rings. The number of carboxylic acid groups (broad SMARTS) is 1. The van der Waals surface area contributed by atoms with Gasteiger partial charge >= 0.3 is 5.97 Å². The van der Waals surface area contributed by atoms with Gasteiger partial charge < -0.3 is 15.7 Å². The zero-order valence-corrected chi connectivity index (χ0v) is 9.67. The number of nitrogens with two attached hydrogens (primary N) is 1. The smallest absolute Gasteiger partial charge is 0.325 e. The van der Waals surface area contributed by atoms with Gasteiger partial charge in [0.25, 0.3) is 0 Å². The fourth-order valence-corrected chi connectivity index (χ4v) is 2.03. The summed E-state index contributed by atoms with van der Waals surface area (Å²) in [7, 11) is 0. The zero-order valence-electron chi connectivity index (χ0n) is 9.67. The predicted octanol–water partition coefficient (Wildman–Crippen LogP) is 1.16. The Kier molecular flexibility index (Phi) is 3.58. The van der Waals surface area contributed by atoms with Crippen LogP contribution in [0.15, 0.2) is 18.3 Å². The summed E-state index contributed by atoms with van der Waals surface area (Å²) < 4.78 is 0. The van der Waals surface area contributed by atoms with Crippen molar-refractivity contribution in [3.05, 3.63) is 23.9 Å². The minimum Gasteiger partial charge on any atom is -0.480 e. The number of hydrogen-bond acceptors (Lipinski definition) is 4. The van der Waals surface area contributed by atoms with E-state index in [9.17, 15) is 4.79 Å². The lowest BCUT2D eigenvalue weighted by molar-refractivity contribution is -0.138. The van der Waals surface area contributed by atoms with Gasteiger partial charge in [0.05, 0.1) is 0 Å². The van der Waals surface area contributed by atoms with Crippen molar-refractivity contribution in [1.82, 2.24) is 4.98 Å². The molecule has 1 fully saturated rings. The Morgan fingerprint density at radius 2 is 2.06 bits per heavy atom. The highest BCUT2D eigenvalue weighted by molar-refractivity contribution is 5.75. The Hall–Kier alpha value is -1.62. The Morgan fingerprint density at radius 1 is 1.35 bits per heavy atom. The van der Waals surface area contributed by atoms with Crippen LogP contribution < -0.4 is 10.6 Å². The van der Waals surface area contributed by atoms with Crippen molar-refractivity contribution in [3.8, 4) is 0 Å². The Bertz CT molecular complexity index is 385. The molecule has 0 spiro atoms. The van der Waals surface area contributed by atoms with Gasteiger partial charge in [-0.25, -0.2) is 4.98 Å². The van der Waals surface area contributed by atoms with Crippen molar-refractivity contribution < 1.29 is 9.90 Å². The van der Waals surface area contributed by atoms with E-state index in [0.29, 0.717) is 5.56 Å². The van der Waals surface area contributed by atoms with Crippen molar-refractivity contribution >= 4 is 11.8 Å². The molecule has 0 radical (unpaired) electrons. The second kappa shape index (κ2) is 5.14. The van der Waals surface area contributed by atoms with Crippen LogP contribution in [0.2, 0.25) is 0 Å². The van der Waals surface area contributed by atoms with Gasteiger partial charge in [0, 0.05) is 19.3 Å². The Labute approximate surface area is 100 Å². The van der Waals surface area contributed by atoms with Crippen LogP contribution in [-0.4, -0.2) is 29.1 Å². The first kappa shape index (κ1) is 11.9. The molecule has 0 aromatic carbocycles. The first-order valence-electron chi connectivity index (χ1n) is 5.88. The lowest BCUT2D eigenvalue weighted by Gasteiger charge is -2.27. The zero-order chi connectivity index (χ0) is 12.3. The van der Waals surface area contributed by atoms with E-state index in [1.807, 2.05) is 6.07 Å². The quantitative estimate of drug-likeness (QED) is 0.821. The third-order valence-electron chi connectivity index (χ3n) is 3.08. The normalized spacial score (nSPS) is 17.8. The summed E-state index contributed by atoms with van der Waals surface area (Å²) >= 11 is 0. The van der Waals surface area contributed by atoms with Gasteiger partial charge in [0.15, 0.2) is 0 Å². The molecule has 0 aliphatic carbocycles. The molecule has 1 unspecified atom stereocenters. The van der Waals surface area contributed by atoms with Crippen LogP contribution in [0, 0.1) is 0 Å². The standard InChI is InChI=1S/C12H17N3O2/c13-11(12(16)17)9-4-5-10(14-8-9)15-6-2-1-3-7-15/h4-5,8,11H,1-3,6-7,13H2,(H,16,17). The van der Waals surface area contributed by atoms with Gasteiger partial charge in [0.2, 0.25) is 0 Å². The summed E-state index contributed by atoms with van der Waals surface area (Å²) in [6, 6.07) is 2.61. The van der Waals surface area contributed by atoms with E-state index >= 15 is 0 Å². The SMILES string of the molecule is NC(C(=O)O)c1ccc(N2CCCCC2)nc1. The monoisotopic (exact) mass is 235 g/mol. The van der Waals surface area contributed by atoms with E-state index < -0.39 is 12.0 Å². The minimum atomic E-state index is -1.03. The molecule has 1 aliphatic rings. The Morgan fingerprint density at radius 3 is 2.59 bits per heavy atom. The van der Waals surface area contributed by atoms with Crippen LogP contribution >= 0.6 is 0 Å². The van der Waals surface area contributed by atoms with Crippen LogP contribution in [0.5, 0.6) is 0 Å². The third kappa shape index (κ3) is 2.74. The van der Waals surface area contributed by atoms with Gasteiger partial charge in [-0.05, 0) is 30.9 Å². The first-order chi connectivity index (χ1) is 8.18. The predicted molar refractivity (Wildman–Crippen MR) is 64.9 cm³/mol. The number of carboxylic acids is 1. The molecular weight excluding hydrogens is 218 g/mol. The number of aromatic nitrogens is 1. The van der Waals surface area contributed by atoms with Crippen LogP contribution in [0.1, 0.15) is 30.9 Å². The van der Waals surface area contributed by atoms with E-state index in [2.05, 4.69) is 9.88 Å². The molecule has 5 heteroatoms. The van der Waals surface area contributed by atoms with E-state index in [1.165, 1.54) is 19.3 Å². The van der Waals surface area contributed by atoms with E-state index in [0.717, 1.165) is 18.9 Å². The lowest BCUT2D eigenvalue weighted by Crippen LogP contribution is -2.30. The molecule has 0 bridgehead atoms. The maximum absolute atomic E-state index is 10.7. The average molecular weight is 235 g/mol. The van der Waals surface area contributed by atoms with Gasteiger partial charge in [-0.1, -0.05) is 6.07 Å². The number of piperidine rings is 1. The van der Waals surface area contributed by atoms with Crippen molar-refractivity contribution in [2.75, 3.05) is 18.0 Å². The van der Waals surface area contributed by atoms with Crippen molar-refractivity contribution in [1.29, 1.82) is 0 Å². The second-order valence-electron chi connectivity index (χ2n) is 4.31. The molecule has 1 aliphatic heterocycles. The molecule has 0 amide bonds. The number of anilines is 1. The maximum Gasteiger partial charge on any atom is 0.325 e. The van der Waals surface area contributed by atoms with Crippen LogP contribution in [-0.2, 0) is 4.79 Å². The van der Waals surface area contributed by atoms with E-state index in [1.54, 1.807) is 12.3 Å². The summed E-state index contributed by atoms with van der Waals surface area (Å²) in [5.41, 5.74) is 6.05. The van der Waals surface area contributed by atoms with Crippen LogP contribution in [0.3, 0.4) is 0 Å². The van der Waals surface area contributed by atoms with Gasteiger partial charge in [-0.3, -0.25) is 4.79 Å². The van der Waals surface area contributed by atoms with Crippen molar-refractivity contribution in [3.63, 3.8) is 0 Å². The van der Waals surface area contributed by atoms with Gasteiger partial charge in [0.1, 0.15) is 11.9 Å². The molecule has 17 heavy (non-hydrogen) atoms. The topological polar surface area (TPSA) is 79.5 Å². The highest BCUT2D eigenvalue weighted by Gasteiger charge is 2.16. The molecule has 1 atom stereocenters. The molecule has 2 heterocycles. The number of nitrogens with zero attached hydrogens (tertiary/aromatic N) is 2. The maximum atomic E-state index is 10.7. The highest BCUT2D eigenvalue weighted by Crippen LogP contribution is 2.19. The largest absolute Gasteiger partial charge is 0.480 e. The van der Waals surface area contributed by atoms with E-state index in [4.69, 9.17) is 10.8 Å². The van der Waals surface area contributed by atoms with Crippen molar-refractivity contribution in [2.45, 2.75) is 25.3 Å². The molecule has 2 rings (SSSR count). The summed E-state index contributed by atoms with van der Waals surface area (Å²) in [4.78, 5) is 17.2. The Balaban J connectivity index is 2.09. The molecule has 0 saturated carbocycles. The molecule has 3 N–H and O–H groups in total. The van der Waals surface area contributed by atoms with Crippen molar-refractivity contribution in [2.24, 2.45) is 5.73 Å². The number of pyridine rings is 1. The second-order valence-corrected chi connectivity index (χ2v) is 4.31. The number of aliphatic carboxylic acids is 1. The number of hydrogen-bond donors (Lipinski definition) is 2. The summed E-state index contributed by atoms with van der Waals surface area (Å²) in [6.07, 6.45) is 5.22. The van der Waals surface area contributed by atoms with Gasteiger partial charge in [-0.15, -0.1) is 0 Å².